The zero-order chi connectivity index (χ0) is 15.8. The predicted molar refractivity (Wildman–Crippen MR) is 86.5 cm³/mol. The molecule has 0 aliphatic rings. The van der Waals surface area contributed by atoms with Gasteiger partial charge in [-0.05, 0) is 17.5 Å². The van der Waals surface area contributed by atoms with E-state index in [9.17, 15) is 15.3 Å². The van der Waals surface area contributed by atoms with Crippen molar-refractivity contribution in [1.82, 2.24) is 5.32 Å². The van der Waals surface area contributed by atoms with Crippen LogP contribution in [0.25, 0.3) is 0 Å². The van der Waals surface area contributed by atoms with Crippen LogP contribution in [0.1, 0.15) is 17.2 Å². The summed E-state index contributed by atoms with van der Waals surface area (Å²) in [4.78, 5) is 0. The van der Waals surface area contributed by atoms with Gasteiger partial charge in [-0.2, -0.15) is 0 Å². The number of hydrogen-bond donors (Lipinski definition) is 4. The Labute approximate surface area is 131 Å². The Morgan fingerprint density at radius 2 is 1.27 bits per heavy atom. The van der Waals surface area contributed by atoms with E-state index in [1.54, 1.807) is 0 Å². The Hall–Kier alpha value is -1.72. The number of aliphatic hydroxyl groups excluding tert-OH is 3. The lowest BCUT2D eigenvalue weighted by Crippen LogP contribution is -2.56. The van der Waals surface area contributed by atoms with E-state index in [2.05, 4.69) is 5.32 Å². The Bertz CT molecular complexity index is 533. The largest absolute Gasteiger partial charge is 0.394 e. The van der Waals surface area contributed by atoms with Crippen molar-refractivity contribution in [2.75, 3.05) is 19.8 Å². The van der Waals surface area contributed by atoms with Gasteiger partial charge in [-0.15, -0.1) is 0 Å². The first-order valence-corrected chi connectivity index (χ1v) is 7.42. The first kappa shape index (κ1) is 16.6. The normalized spacial score (nSPS) is 13.0. The second-order valence-electron chi connectivity index (χ2n) is 5.55. The van der Waals surface area contributed by atoms with E-state index in [1.165, 1.54) is 0 Å². The number of benzene rings is 2. The molecule has 118 valence electrons. The Morgan fingerprint density at radius 3 is 1.77 bits per heavy atom. The van der Waals surface area contributed by atoms with Crippen molar-refractivity contribution in [3.63, 3.8) is 0 Å². The highest BCUT2D eigenvalue weighted by atomic mass is 16.3. The maximum Gasteiger partial charge on any atom is 0.0886 e. The Balaban J connectivity index is 2.26. The average molecular weight is 301 g/mol. The molecule has 0 saturated carbocycles. The van der Waals surface area contributed by atoms with Crippen molar-refractivity contribution in [1.29, 1.82) is 0 Å². The van der Waals surface area contributed by atoms with E-state index >= 15 is 0 Å². The lowest BCUT2D eigenvalue weighted by molar-refractivity contribution is 0.0339. The molecule has 1 atom stereocenters. The lowest BCUT2D eigenvalue weighted by atomic mass is 9.94. The highest BCUT2D eigenvalue weighted by molar-refractivity contribution is 5.24. The second-order valence-corrected chi connectivity index (χ2v) is 5.55. The van der Waals surface area contributed by atoms with Crippen molar-refractivity contribution < 1.29 is 15.3 Å². The van der Waals surface area contributed by atoms with Gasteiger partial charge in [-0.3, -0.25) is 5.32 Å². The van der Waals surface area contributed by atoms with Crippen LogP contribution in [0.15, 0.2) is 60.7 Å². The molecule has 0 saturated heterocycles. The van der Waals surface area contributed by atoms with Crippen molar-refractivity contribution in [2.45, 2.75) is 18.0 Å². The zero-order valence-electron chi connectivity index (χ0n) is 12.5. The summed E-state index contributed by atoms with van der Waals surface area (Å²) in [7, 11) is 0. The van der Waals surface area contributed by atoms with Gasteiger partial charge in [-0.25, -0.2) is 0 Å². The third kappa shape index (κ3) is 4.15. The number of nitrogens with one attached hydrogen (secondary N) is 1. The van der Waals surface area contributed by atoms with Crippen LogP contribution in [0.5, 0.6) is 0 Å². The molecular formula is C18H23NO3. The summed E-state index contributed by atoms with van der Waals surface area (Å²) in [5.41, 5.74) is 1.09. The molecule has 0 aliphatic carbocycles. The maximum absolute atomic E-state index is 9.56. The SMILES string of the molecule is OCC(CO)(CO)N[C@@H](Cc1ccccc1)c1ccccc1. The van der Waals surface area contributed by atoms with E-state index in [0.29, 0.717) is 6.42 Å². The fourth-order valence-electron chi connectivity index (χ4n) is 2.44. The third-order valence-corrected chi connectivity index (χ3v) is 3.87. The van der Waals surface area contributed by atoms with Crippen molar-refractivity contribution in [3.8, 4) is 0 Å². The van der Waals surface area contributed by atoms with Crippen molar-refractivity contribution >= 4 is 0 Å². The summed E-state index contributed by atoms with van der Waals surface area (Å²) in [6.07, 6.45) is 0.701. The molecule has 0 amide bonds. The molecule has 2 rings (SSSR count). The average Bonchev–Trinajstić information content (AvgIpc) is 2.60. The number of hydrogen-bond acceptors (Lipinski definition) is 4. The minimum atomic E-state index is -1.10. The zero-order valence-corrected chi connectivity index (χ0v) is 12.5. The molecule has 4 nitrogen and oxygen atoms in total. The van der Waals surface area contributed by atoms with Crippen LogP contribution in [0, 0.1) is 0 Å². The molecule has 0 aliphatic heterocycles. The van der Waals surface area contributed by atoms with Crippen LogP contribution < -0.4 is 5.32 Å². The molecule has 4 heteroatoms. The van der Waals surface area contributed by atoms with Crippen LogP contribution in [0.2, 0.25) is 0 Å². The predicted octanol–water partition coefficient (Wildman–Crippen LogP) is 1.28. The molecule has 0 unspecified atom stereocenters. The second kappa shape index (κ2) is 8.06. The first-order valence-electron chi connectivity index (χ1n) is 7.42. The molecule has 0 radical (unpaired) electrons. The standard InChI is InChI=1S/C18H23NO3/c20-12-18(13-21,14-22)19-17(16-9-5-2-6-10-16)11-15-7-3-1-4-8-15/h1-10,17,19-22H,11-14H2/t17-/m0/s1. The number of aliphatic hydroxyl groups is 3. The first-order chi connectivity index (χ1) is 10.7. The van der Waals surface area contributed by atoms with Gasteiger partial charge in [0.05, 0.1) is 25.4 Å². The Kier molecular flexibility index (Phi) is 6.10. The van der Waals surface area contributed by atoms with Gasteiger partial charge in [0.1, 0.15) is 0 Å². The van der Waals surface area contributed by atoms with E-state index in [-0.39, 0.29) is 25.9 Å². The Morgan fingerprint density at radius 1 is 0.773 bits per heavy atom. The van der Waals surface area contributed by atoms with Crippen LogP contribution in [-0.2, 0) is 6.42 Å². The molecular weight excluding hydrogens is 278 g/mol. The lowest BCUT2D eigenvalue weighted by Gasteiger charge is -2.34. The minimum absolute atomic E-state index is 0.116. The van der Waals surface area contributed by atoms with Gasteiger partial charge in [-0.1, -0.05) is 60.7 Å². The van der Waals surface area contributed by atoms with Gasteiger partial charge in [0.25, 0.3) is 0 Å². The summed E-state index contributed by atoms with van der Waals surface area (Å²) in [5, 5.41) is 31.9. The van der Waals surface area contributed by atoms with E-state index in [4.69, 9.17) is 0 Å². The summed E-state index contributed by atoms with van der Waals surface area (Å²) in [6.45, 7) is -1.01. The summed E-state index contributed by atoms with van der Waals surface area (Å²) in [6, 6.07) is 19.7. The fraction of sp³-hybridized carbons (Fsp3) is 0.333. The molecule has 2 aromatic rings. The maximum atomic E-state index is 9.56. The third-order valence-electron chi connectivity index (χ3n) is 3.87. The van der Waals surface area contributed by atoms with E-state index in [1.807, 2.05) is 60.7 Å². The van der Waals surface area contributed by atoms with Gasteiger partial charge in [0.15, 0.2) is 0 Å². The smallest absolute Gasteiger partial charge is 0.0886 e. The van der Waals surface area contributed by atoms with Gasteiger partial charge < -0.3 is 15.3 Å². The van der Waals surface area contributed by atoms with E-state index < -0.39 is 5.54 Å². The van der Waals surface area contributed by atoms with Crippen LogP contribution in [-0.4, -0.2) is 40.7 Å². The molecule has 0 aromatic heterocycles. The molecule has 2 aromatic carbocycles. The minimum Gasteiger partial charge on any atom is -0.394 e. The molecule has 0 spiro atoms. The van der Waals surface area contributed by atoms with Crippen molar-refractivity contribution in [2.24, 2.45) is 0 Å². The van der Waals surface area contributed by atoms with Crippen LogP contribution in [0.4, 0.5) is 0 Å². The van der Waals surface area contributed by atoms with Gasteiger partial charge >= 0.3 is 0 Å². The van der Waals surface area contributed by atoms with Crippen LogP contribution >= 0.6 is 0 Å². The topological polar surface area (TPSA) is 72.7 Å². The monoisotopic (exact) mass is 301 g/mol. The van der Waals surface area contributed by atoms with Gasteiger partial charge in [0, 0.05) is 6.04 Å². The summed E-state index contributed by atoms with van der Waals surface area (Å²) >= 11 is 0. The molecule has 0 fully saturated rings. The fourth-order valence-corrected chi connectivity index (χ4v) is 2.44. The van der Waals surface area contributed by atoms with Gasteiger partial charge in [0.2, 0.25) is 0 Å². The highest BCUT2D eigenvalue weighted by Crippen LogP contribution is 2.21. The molecule has 4 N–H and O–H groups in total. The van der Waals surface area contributed by atoms with Crippen molar-refractivity contribution in [3.05, 3.63) is 71.8 Å². The number of rotatable bonds is 8. The quantitative estimate of drug-likeness (QED) is 0.593. The summed E-state index contributed by atoms with van der Waals surface area (Å²) in [5.74, 6) is 0. The molecule has 22 heavy (non-hydrogen) atoms. The van der Waals surface area contributed by atoms with E-state index in [0.717, 1.165) is 11.1 Å². The molecule has 0 bridgehead atoms. The van der Waals surface area contributed by atoms with Crippen LogP contribution in [0.3, 0.4) is 0 Å². The molecule has 0 heterocycles. The summed E-state index contributed by atoms with van der Waals surface area (Å²) < 4.78 is 0. The highest BCUT2D eigenvalue weighted by Gasteiger charge is 2.31.